The van der Waals surface area contributed by atoms with Gasteiger partial charge in [0.2, 0.25) is 0 Å². The van der Waals surface area contributed by atoms with Gasteiger partial charge < -0.3 is 19.3 Å². The van der Waals surface area contributed by atoms with Gasteiger partial charge in [-0.1, -0.05) is 55.8 Å². The molecule has 1 aliphatic rings. The van der Waals surface area contributed by atoms with Gasteiger partial charge in [-0.2, -0.15) is 0 Å². The van der Waals surface area contributed by atoms with Gasteiger partial charge in [-0.15, -0.1) is 11.3 Å². The summed E-state index contributed by atoms with van der Waals surface area (Å²) in [5.41, 5.74) is 6.03. The van der Waals surface area contributed by atoms with E-state index in [1.165, 1.54) is 44.5 Å². The predicted molar refractivity (Wildman–Crippen MR) is 180 cm³/mol. The topological polar surface area (TPSA) is 51.2 Å². The molecule has 44 heavy (non-hydrogen) atoms. The normalized spacial score (nSPS) is 14.2. The zero-order valence-corrected chi connectivity index (χ0v) is 26.4. The predicted octanol–water partition coefficient (Wildman–Crippen LogP) is 8.84. The second kappa shape index (κ2) is 14.3. The SMILES string of the molecule is CCCC(O)Oc1ccc(-c2sc3cc(OCc4ccccc4)ccc3c2Cc2ccc(CN3CCCC3)c(OC)c2)cc1. The lowest BCUT2D eigenvalue weighted by molar-refractivity contribution is -0.0232. The van der Waals surface area contributed by atoms with Crippen molar-refractivity contribution in [2.75, 3.05) is 20.2 Å². The summed E-state index contributed by atoms with van der Waals surface area (Å²) in [6.45, 7) is 5.82. The first kappa shape index (κ1) is 30.2. The number of fused-ring (bicyclic) bond motifs is 1. The summed E-state index contributed by atoms with van der Waals surface area (Å²) in [5.74, 6) is 2.49. The number of ether oxygens (including phenoxy) is 3. The molecule has 1 N–H and O–H groups in total. The van der Waals surface area contributed by atoms with Crippen LogP contribution in [0.3, 0.4) is 0 Å². The minimum absolute atomic E-state index is 0.534. The van der Waals surface area contributed by atoms with Gasteiger partial charge in [0.05, 0.1) is 7.11 Å². The van der Waals surface area contributed by atoms with Crippen LogP contribution >= 0.6 is 11.3 Å². The van der Waals surface area contributed by atoms with Crippen LogP contribution in [0.1, 0.15) is 54.9 Å². The molecule has 5 aromatic rings. The van der Waals surface area contributed by atoms with E-state index in [-0.39, 0.29) is 0 Å². The average molecular weight is 608 g/mol. The summed E-state index contributed by atoms with van der Waals surface area (Å²) in [6.07, 6.45) is 4.03. The highest BCUT2D eigenvalue weighted by Crippen LogP contribution is 2.42. The third kappa shape index (κ3) is 7.27. The van der Waals surface area contributed by atoms with Crippen molar-refractivity contribution < 1.29 is 19.3 Å². The first-order valence-electron chi connectivity index (χ1n) is 15.6. The second-order valence-corrected chi connectivity index (χ2v) is 12.6. The maximum absolute atomic E-state index is 10.1. The number of likely N-dealkylation sites (tertiary alicyclic amines) is 1. The summed E-state index contributed by atoms with van der Waals surface area (Å²) in [5, 5.41) is 11.4. The Morgan fingerprint density at radius 1 is 0.864 bits per heavy atom. The quantitative estimate of drug-likeness (QED) is 0.136. The Morgan fingerprint density at radius 3 is 2.39 bits per heavy atom. The van der Waals surface area contributed by atoms with Gasteiger partial charge in [0.15, 0.2) is 6.29 Å². The van der Waals surface area contributed by atoms with Crippen LogP contribution in [0.15, 0.2) is 91.0 Å². The Kier molecular flexibility index (Phi) is 9.81. The van der Waals surface area contributed by atoms with E-state index in [2.05, 4.69) is 65.6 Å². The standard InChI is InChI=1S/C38H41NO4S/c1-3-9-37(40)43-31-16-14-29(15-17-31)38-34(22-28-12-13-30(35(23-28)41-2)25-39-20-7-8-21-39)33-19-18-32(24-36(33)44-38)42-26-27-10-5-4-6-11-27/h4-6,10-19,23-24,37,40H,3,7-9,20-22,25-26H2,1-2H3. The molecule has 0 radical (unpaired) electrons. The molecule has 0 saturated carbocycles. The Balaban J connectivity index is 1.31. The van der Waals surface area contributed by atoms with E-state index in [0.29, 0.717) is 18.8 Å². The van der Waals surface area contributed by atoms with Crippen LogP contribution in [0.2, 0.25) is 0 Å². The number of rotatable bonds is 13. The molecule has 4 aromatic carbocycles. The Bertz CT molecular complexity index is 1660. The third-order valence-electron chi connectivity index (χ3n) is 8.26. The van der Waals surface area contributed by atoms with Crippen LogP contribution < -0.4 is 14.2 Å². The first-order valence-corrected chi connectivity index (χ1v) is 16.5. The number of benzene rings is 4. The number of methoxy groups -OCH3 is 1. The van der Waals surface area contributed by atoms with E-state index in [4.69, 9.17) is 14.2 Å². The van der Waals surface area contributed by atoms with Crippen molar-refractivity contribution in [3.8, 4) is 27.7 Å². The van der Waals surface area contributed by atoms with Gasteiger partial charge in [0, 0.05) is 28.1 Å². The lowest BCUT2D eigenvalue weighted by Gasteiger charge is -2.18. The molecule has 1 aromatic heterocycles. The third-order valence-corrected chi connectivity index (χ3v) is 9.51. The van der Waals surface area contributed by atoms with Crippen molar-refractivity contribution >= 4 is 21.4 Å². The molecule has 1 aliphatic heterocycles. The summed E-state index contributed by atoms with van der Waals surface area (Å²) in [4.78, 5) is 3.73. The van der Waals surface area contributed by atoms with Crippen LogP contribution in [0.5, 0.6) is 17.2 Å². The Morgan fingerprint density at radius 2 is 1.64 bits per heavy atom. The van der Waals surface area contributed by atoms with Crippen molar-refractivity contribution in [3.63, 3.8) is 0 Å². The molecule has 5 nitrogen and oxygen atoms in total. The molecule has 0 bridgehead atoms. The fourth-order valence-electron chi connectivity index (χ4n) is 5.93. The second-order valence-electron chi connectivity index (χ2n) is 11.5. The summed E-state index contributed by atoms with van der Waals surface area (Å²) >= 11 is 1.79. The van der Waals surface area contributed by atoms with Crippen LogP contribution in [0.4, 0.5) is 0 Å². The number of aliphatic hydroxyl groups excluding tert-OH is 1. The van der Waals surface area contributed by atoms with Crippen molar-refractivity contribution in [1.29, 1.82) is 0 Å². The zero-order chi connectivity index (χ0) is 30.3. The first-order chi connectivity index (χ1) is 21.6. The van der Waals surface area contributed by atoms with Gasteiger partial charge in [-0.3, -0.25) is 4.90 Å². The number of thiophene rings is 1. The Labute approximate surface area is 264 Å². The molecule has 1 saturated heterocycles. The largest absolute Gasteiger partial charge is 0.496 e. The molecule has 0 spiro atoms. The lowest BCUT2D eigenvalue weighted by atomic mass is 9.97. The van der Waals surface area contributed by atoms with Crippen molar-refractivity contribution in [2.45, 2.75) is 58.5 Å². The van der Waals surface area contributed by atoms with Gasteiger partial charge in [0.1, 0.15) is 23.9 Å². The molecule has 228 valence electrons. The van der Waals surface area contributed by atoms with Gasteiger partial charge >= 0.3 is 0 Å². The highest BCUT2D eigenvalue weighted by atomic mass is 32.1. The fraction of sp³-hybridized carbons (Fsp3) is 0.316. The Hall–Kier alpha value is -3.84. The van der Waals surface area contributed by atoms with E-state index >= 15 is 0 Å². The molecule has 1 atom stereocenters. The fourth-order valence-corrected chi connectivity index (χ4v) is 7.19. The van der Waals surface area contributed by atoms with Gasteiger partial charge in [-0.25, -0.2) is 0 Å². The van der Waals surface area contributed by atoms with E-state index in [1.807, 2.05) is 37.3 Å². The molecular formula is C38H41NO4S. The van der Waals surface area contributed by atoms with E-state index in [9.17, 15) is 5.11 Å². The molecule has 6 heteroatoms. The van der Waals surface area contributed by atoms with E-state index < -0.39 is 6.29 Å². The van der Waals surface area contributed by atoms with Crippen LogP contribution in [0.25, 0.3) is 20.5 Å². The van der Waals surface area contributed by atoms with Crippen LogP contribution in [0, 0.1) is 0 Å². The molecular weight excluding hydrogens is 566 g/mol. The maximum Gasteiger partial charge on any atom is 0.197 e. The zero-order valence-electron chi connectivity index (χ0n) is 25.6. The van der Waals surface area contributed by atoms with E-state index in [1.54, 1.807) is 18.4 Å². The van der Waals surface area contributed by atoms with E-state index in [0.717, 1.165) is 55.1 Å². The van der Waals surface area contributed by atoms with Crippen molar-refractivity contribution in [1.82, 2.24) is 4.90 Å². The van der Waals surface area contributed by atoms with Crippen LogP contribution in [-0.4, -0.2) is 36.5 Å². The number of hydrogen-bond donors (Lipinski definition) is 1. The average Bonchev–Trinajstić information content (AvgIpc) is 3.69. The van der Waals surface area contributed by atoms with Crippen molar-refractivity contribution in [2.24, 2.45) is 0 Å². The number of nitrogens with zero attached hydrogens (tertiary/aromatic N) is 1. The van der Waals surface area contributed by atoms with Crippen LogP contribution in [-0.2, 0) is 19.6 Å². The minimum atomic E-state index is -0.788. The lowest BCUT2D eigenvalue weighted by Crippen LogP contribution is -2.18. The van der Waals surface area contributed by atoms with Gasteiger partial charge in [-0.05, 0) is 109 Å². The molecule has 1 unspecified atom stereocenters. The maximum atomic E-state index is 10.1. The van der Waals surface area contributed by atoms with Gasteiger partial charge in [0.25, 0.3) is 0 Å². The molecule has 2 heterocycles. The highest BCUT2D eigenvalue weighted by molar-refractivity contribution is 7.22. The summed E-state index contributed by atoms with van der Waals surface area (Å²) in [7, 11) is 1.77. The molecule has 6 rings (SSSR count). The molecule has 1 fully saturated rings. The smallest absolute Gasteiger partial charge is 0.197 e. The minimum Gasteiger partial charge on any atom is -0.496 e. The number of hydrogen-bond acceptors (Lipinski definition) is 6. The molecule has 0 amide bonds. The summed E-state index contributed by atoms with van der Waals surface area (Å²) in [6, 6.07) is 31.5. The molecule has 0 aliphatic carbocycles. The van der Waals surface area contributed by atoms with Crippen molar-refractivity contribution in [3.05, 3.63) is 113 Å². The summed E-state index contributed by atoms with van der Waals surface area (Å²) < 4.78 is 19.0. The highest BCUT2D eigenvalue weighted by Gasteiger charge is 2.18. The monoisotopic (exact) mass is 607 g/mol. The number of aliphatic hydroxyl groups is 1.